The number of nitrogens with one attached hydrogen (secondary N) is 1. The first-order valence-corrected chi connectivity index (χ1v) is 7.91. The SMILES string of the molecule is CNC1(c2nc(C(C)C)cs2)CCCC(C)(C)C1. The van der Waals surface area contributed by atoms with E-state index in [1.54, 1.807) is 0 Å². The first-order chi connectivity index (χ1) is 8.38. The van der Waals surface area contributed by atoms with E-state index < -0.39 is 0 Å². The second kappa shape index (κ2) is 4.93. The number of hydrogen-bond donors (Lipinski definition) is 1. The lowest BCUT2D eigenvalue weighted by atomic mass is 9.68. The Morgan fingerprint density at radius 2 is 2.06 bits per heavy atom. The van der Waals surface area contributed by atoms with E-state index in [0.29, 0.717) is 11.3 Å². The van der Waals surface area contributed by atoms with Gasteiger partial charge >= 0.3 is 0 Å². The molecular weight excluding hydrogens is 240 g/mol. The van der Waals surface area contributed by atoms with Crippen LogP contribution < -0.4 is 5.32 Å². The summed E-state index contributed by atoms with van der Waals surface area (Å²) < 4.78 is 0. The molecule has 1 aromatic rings. The Morgan fingerprint density at radius 3 is 2.56 bits per heavy atom. The maximum Gasteiger partial charge on any atom is 0.113 e. The summed E-state index contributed by atoms with van der Waals surface area (Å²) in [4.78, 5) is 4.90. The number of thiazole rings is 1. The van der Waals surface area contributed by atoms with Gasteiger partial charge in [0.15, 0.2) is 0 Å². The van der Waals surface area contributed by atoms with Gasteiger partial charge in [-0.15, -0.1) is 11.3 Å². The monoisotopic (exact) mass is 266 g/mol. The lowest BCUT2D eigenvalue weighted by Gasteiger charge is -2.43. The molecule has 0 bridgehead atoms. The molecule has 1 aliphatic rings. The highest BCUT2D eigenvalue weighted by Crippen LogP contribution is 2.46. The third-order valence-corrected chi connectivity index (χ3v) is 5.30. The molecule has 0 radical (unpaired) electrons. The van der Waals surface area contributed by atoms with Crippen LogP contribution in [0.15, 0.2) is 5.38 Å². The molecule has 1 aliphatic carbocycles. The number of rotatable bonds is 3. The molecule has 102 valence electrons. The van der Waals surface area contributed by atoms with Crippen LogP contribution >= 0.6 is 11.3 Å². The first-order valence-electron chi connectivity index (χ1n) is 7.03. The molecule has 1 fully saturated rings. The quantitative estimate of drug-likeness (QED) is 0.883. The Balaban J connectivity index is 2.31. The van der Waals surface area contributed by atoms with Crippen LogP contribution in [-0.4, -0.2) is 12.0 Å². The third-order valence-electron chi connectivity index (χ3n) is 4.24. The predicted molar refractivity (Wildman–Crippen MR) is 79.2 cm³/mol. The summed E-state index contributed by atoms with van der Waals surface area (Å²) in [5.41, 5.74) is 1.78. The van der Waals surface area contributed by atoms with Gasteiger partial charge in [-0.2, -0.15) is 0 Å². The first kappa shape index (κ1) is 14.0. The molecule has 1 N–H and O–H groups in total. The molecule has 3 heteroatoms. The van der Waals surface area contributed by atoms with Crippen molar-refractivity contribution in [3.63, 3.8) is 0 Å². The molecule has 2 rings (SSSR count). The maximum absolute atomic E-state index is 4.90. The summed E-state index contributed by atoms with van der Waals surface area (Å²) in [7, 11) is 2.10. The molecule has 0 aliphatic heterocycles. The molecule has 1 heterocycles. The highest BCUT2D eigenvalue weighted by molar-refractivity contribution is 7.09. The summed E-state index contributed by atoms with van der Waals surface area (Å²) in [5, 5.41) is 7.12. The van der Waals surface area contributed by atoms with Crippen molar-refractivity contribution < 1.29 is 0 Å². The van der Waals surface area contributed by atoms with Gasteiger partial charge < -0.3 is 5.32 Å². The fraction of sp³-hybridized carbons (Fsp3) is 0.800. The molecule has 0 spiro atoms. The van der Waals surface area contributed by atoms with Crippen LogP contribution in [0.5, 0.6) is 0 Å². The van der Waals surface area contributed by atoms with Crippen LogP contribution in [0.2, 0.25) is 0 Å². The second-order valence-electron chi connectivity index (χ2n) is 6.76. The van der Waals surface area contributed by atoms with Gasteiger partial charge in [-0.05, 0) is 37.6 Å². The Bertz CT molecular complexity index is 408. The van der Waals surface area contributed by atoms with Crippen molar-refractivity contribution in [2.75, 3.05) is 7.05 Å². The van der Waals surface area contributed by atoms with E-state index in [4.69, 9.17) is 4.98 Å². The predicted octanol–water partition coefficient (Wildman–Crippen LogP) is 4.28. The highest BCUT2D eigenvalue weighted by atomic mass is 32.1. The standard InChI is InChI=1S/C15H26N2S/c1-11(2)12-9-18-13(17-12)15(16-5)8-6-7-14(3,4)10-15/h9,11,16H,6-8,10H2,1-5H3. The van der Waals surface area contributed by atoms with E-state index in [9.17, 15) is 0 Å². The van der Waals surface area contributed by atoms with Crippen molar-refractivity contribution in [1.29, 1.82) is 0 Å². The summed E-state index contributed by atoms with van der Waals surface area (Å²) in [6, 6.07) is 0. The fourth-order valence-corrected chi connectivity index (χ4v) is 4.35. The van der Waals surface area contributed by atoms with Crippen LogP contribution in [0.3, 0.4) is 0 Å². The largest absolute Gasteiger partial charge is 0.308 e. The minimum absolute atomic E-state index is 0.111. The van der Waals surface area contributed by atoms with E-state index in [1.165, 1.54) is 36.4 Å². The van der Waals surface area contributed by atoms with Gasteiger partial charge in [-0.25, -0.2) is 4.98 Å². The van der Waals surface area contributed by atoms with Crippen LogP contribution in [-0.2, 0) is 5.54 Å². The number of nitrogens with zero attached hydrogens (tertiary/aromatic N) is 1. The van der Waals surface area contributed by atoms with Gasteiger partial charge in [-0.1, -0.05) is 34.1 Å². The molecule has 0 aromatic carbocycles. The average molecular weight is 266 g/mol. The summed E-state index contributed by atoms with van der Waals surface area (Å²) in [6.45, 7) is 9.20. The van der Waals surface area contributed by atoms with E-state index in [1.807, 2.05) is 11.3 Å². The van der Waals surface area contributed by atoms with Crippen LogP contribution in [0.25, 0.3) is 0 Å². The van der Waals surface area contributed by atoms with Crippen molar-refractivity contribution in [2.45, 2.75) is 64.8 Å². The average Bonchev–Trinajstić information content (AvgIpc) is 2.77. The molecule has 0 saturated heterocycles. The van der Waals surface area contributed by atoms with E-state index in [-0.39, 0.29) is 5.54 Å². The van der Waals surface area contributed by atoms with Crippen LogP contribution in [0, 0.1) is 5.41 Å². The lowest BCUT2D eigenvalue weighted by molar-refractivity contribution is 0.125. The van der Waals surface area contributed by atoms with Gasteiger partial charge in [0, 0.05) is 5.38 Å². The van der Waals surface area contributed by atoms with E-state index in [0.717, 1.165) is 0 Å². The molecule has 2 nitrogen and oxygen atoms in total. The Hall–Kier alpha value is -0.410. The Morgan fingerprint density at radius 1 is 1.33 bits per heavy atom. The van der Waals surface area contributed by atoms with Gasteiger partial charge in [0.1, 0.15) is 5.01 Å². The third kappa shape index (κ3) is 2.62. The summed E-state index contributed by atoms with van der Waals surface area (Å²) >= 11 is 1.83. The molecular formula is C15H26N2S. The second-order valence-corrected chi connectivity index (χ2v) is 7.62. The zero-order valence-electron chi connectivity index (χ0n) is 12.3. The smallest absolute Gasteiger partial charge is 0.113 e. The fourth-order valence-electron chi connectivity index (χ4n) is 3.14. The Labute approximate surface area is 115 Å². The maximum atomic E-state index is 4.90. The van der Waals surface area contributed by atoms with Crippen molar-refractivity contribution in [3.05, 3.63) is 16.1 Å². The van der Waals surface area contributed by atoms with Crippen molar-refractivity contribution in [3.8, 4) is 0 Å². The van der Waals surface area contributed by atoms with Crippen molar-refractivity contribution in [1.82, 2.24) is 10.3 Å². The van der Waals surface area contributed by atoms with Crippen LogP contribution in [0.1, 0.15) is 70.0 Å². The minimum Gasteiger partial charge on any atom is -0.308 e. The Kier molecular flexibility index (Phi) is 3.84. The molecule has 1 saturated carbocycles. The molecule has 1 aromatic heterocycles. The van der Waals surface area contributed by atoms with Gasteiger partial charge in [0.05, 0.1) is 11.2 Å². The van der Waals surface area contributed by atoms with Crippen LogP contribution in [0.4, 0.5) is 0 Å². The van der Waals surface area contributed by atoms with E-state index in [2.05, 4.69) is 45.4 Å². The minimum atomic E-state index is 0.111. The molecule has 1 unspecified atom stereocenters. The number of aromatic nitrogens is 1. The topological polar surface area (TPSA) is 24.9 Å². The van der Waals surface area contributed by atoms with Gasteiger partial charge in [0.25, 0.3) is 0 Å². The van der Waals surface area contributed by atoms with E-state index >= 15 is 0 Å². The van der Waals surface area contributed by atoms with Crippen molar-refractivity contribution in [2.24, 2.45) is 5.41 Å². The van der Waals surface area contributed by atoms with Gasteiger partial charge in [-0.3, -0.25) is 0 Å². The lowest BCUT2D eigenvalue weighted by Crippen LogP contribution is -2.46. The zero-order chi connectivity index (χ0) is 13.4. The molecule has 1 atom stereocenters. The normalized spacial score (nSPS) is 27.7. The summed E-state index contributed by atoms with van der Waals surface area (Å²) in [5.74, 6) is 0.528. The van der Waals surface area contributed by atoms with Gasteiger partial charge in [0.2, 0.25) is 0 Å². The molecule has 18 heavy (non-hydrogen) atoms. The zero-order valence-corrected chi connectivity index (χ0v) is 13.2. The van der Waals surface area contributed by atoms with Crippen molar-refractivity contribution >= 4 is 11.3 Å². The summed E-state index contributed by atoms with van der Waals surface area (Å²) in [6.07, 6.45) is 5.04. The molecule has 0 amide bonds. The highest BCUT2D eigenvalue weighted by Gasteiger charge is 2.42. The number of hydrogen-bond acceptors (Lipinski definition) is 3.